The van der Waals surface area contributed by atoms with Crippen LogP contribution in [0, 0.1) is 0 Å². The molecule has 9 heteroatoms. The number of carboxylic acid groups (broad SMARTS) is 1. The zero-order valence-electron chi connectivity index (χ0n) is 6.98. The molecule has 0 fully saturated rings. The minimum atomic E-state index is -5.49. The van der Waals surface area contributed by atoms with Gasteiger partial charge in [0, 0.05) is 5.75 Å². The number of thiol groups is 1. The van der Waals surface area contributed by atoms with Gasteiger partial charge >= 0.3 is 12.1 Å². The average Bonchev–Trinajstić information content (AvgIpc) is 2.10. The van der Waals surface area contributed by atoms with Crippen LogP contribution in [0.25, 0.3) is 0 Å². The molecular formula is C6H6F5NO2S. The molecule has 0 aromatic rings. The van der Waals surface area contributed by atoms with Gasteiger partial charge in [-0.25, -0.2) is 4.79 Å². The van der Waals surface area contributed by atoms with Crippen molar-refractivity contribution in [2.45, 2.75) is 12.2 Å². The summed E-state index contributed by atoms with van der Waals surface area (Å²) in [6.45, 7) is 0. The van der Waals surface area contributed by atoms with Crippen LogP contribution in [0.1, 0.15) is 0 Å². The van der Waals surface area contributed by atoms with E-state index in [9.17, 15) is 26.7 Å². The summed E-state index contributed by atoms with van der Waals surface area (Å²) in [5, 5.41) is 9.52. The zero-order chi connectivity index (χ0) is 12.2. The van der Waals surface area contributed by atoms with Crippen molar-refractivity contribution in [3.8, 4) is 0 Å². The van der Waals surface area contributed by atoms with E-state index < -0.39 is 35.7 Å². The normalized spacial score (nSPS) is 15.6. The lowest BCUT2D eigenvalue weighted by Crippen LogP contribution is -2.37. The number of halogens is 5. The van der Waals surface area contributed by atoms with Gasteiger partial charge in [0.1, 0.15) is 6.04 Å². The molecule has 15 heavy (non-hydrogen) atoms. The monoisotopic (exact) mass is 251 g/mol. The highest BCUT2D eigenvalue weighted by atomic mass is 32.1. The minimum absolute atomic E-state index is 0.492. The number of nitrogens with one attached hydrogen (secondary N) is 1. The van der Waals surface area contributed by atoms with E-state index in [2.05, 4.69) is 12.6 Å². The third-order valence-corrected chi connectivity index (χ3v) is 1.59. The van der Waals surface area contributed by atoms with Crippen molar-refractivity contribution in [3.63, 3.8) is 0 Å². The molecule has 0 bridgehead atoms. The summed E-state index contributed by atoms with van der Waals surface area (Å²) in [5.74, 6) is -7.51. The predicted molar refractivity (Wildman–Crippen MR) is 43.7 cm³/mol. The Morgan fingerprint density at radius 1 is 1.40 bits per heavy atom. The van der Waals surface area contributed by atoms with Crippen LogP contribution in [0.4, 0.5) is 22.0 Å². The first-order chi connectivity index (χ1) is 6.70. The van der Waals surface area contributed by atoms with Crippen LogP contribution >= 0.6 is 12.6 Å². The molecule has 0 unspecified atom stereocenters. The zero-order valence-corrected chi connectivity index (χ0v) is 7.87. The fourth-order valence-electron chi connectivity index (χ4n) is 0.526. The maximum Gasteiger partial charge on any atom is 0.447 e. The molecule has 0 heterocycles. The first-order valence-electron chi connectivity index (χ1n) is 3.42. The minimum Gasteiger partial charge on any atom is -0.480 e. The van der Waals surface area contributed by atoms with E-state index in [-0.39, 0.29) is 0 Å². The van der Waals surface area contributed by atoms with Gasteiger partial charge in [-0.3, -0.25) is 0 Å². The largest absolute Gasteiger partial charge is 0.480 e. The van der Waals surface area contributed by atoms with Crippen LogP contribution < -0.4 is 5.32 Å². The highest BCUT2D eigenvalue weighted by Crippen LogP contribution is 2.28. The summed E-state index contributed by atoms with van der Waals surface area (Å²) in [5.41, 5.74) is 0. The standard InChI is InChI=1S/C6H6F5NO2S/c7-3(6(9,10)11)4(8)12-2(1-15)5(13)14/h2,12,15H,1H2,(H,13,14)/t2-/m0/s1. The highest BCUT2D eigenvalue weighted by Gasteiger charge is 2.39. The molecule has 0 rings (SSSR count). The van der Waals surface area contributed by atoms with E-state index in [1.165, 1.54) is 5.32 Å². The van der Waals surface area contributed by atoms with Crippen molar-refractivity contribution >= 4 is 18.6 Å². The van der Waals surface area contributed by atoms with E-state index in [4.69, 9.17) is 5.11 Å². The van der Waals surface area contributed by atoms with Gasteiger partial charge in [-0.05, 0) is 0 Å². The number of hydrogen-bond acceptors (Lipinski definition) is 3. The lowest BCUT2D eigenvalue weighted by atomic mass is 10.3. The fourth-order valence-corrected chi connectivity index (χ4v) is 0.774. The van der Waals surface area contributed by atoms with Crippen LogP contribution in [0.5, 0.6) is 0 Å². The number of hydrogen-bond donors (Lipinski definition) is 3. The summed E-state index contributed by atoms with van der Waals surface area (Å²) in [7, 11) is 0. The second-order valence-corrected chi connectivity index (χ2v) is 2.71. The van der Waals surface area contributed by atoms with Crippen molar-refractivity contribution < 1.29 is 31.9 Å². The summed E-state index contributed by atoms with van der Waals surface area (Å²) in [6, 6.07) is -1.73. The number of allylic oxidation sites excluding steroid dienone is 1. The molecule has 0 radical (unpaired) electrons. The van der Waals surface area contributed by atoms with Crippen LogP contribution in [-0.2, 0) is 4.79 Å². The fraction of sp³-hybridized carbons (Fsp3) is 0.500. The number of aliphatic carboxylic acids is 1. The molecule has 0 amide bonds. The quantitative estimate of drug-likeness (QED) is 0.404. The number of carbonyl (C=O) groups is 1. The van der Waals surface area contributed by atoms with Crippen LogP contribution in [-0.4, -0.2) is 29.0 Å². The lowest BCUT2D eigenvalue weighted by molar-refractivity contribution is -0.139. The molecule has 2 N–H and O–H groups in total. The Hall–Kier alpha value is -0.990. The Kier molecular flexibility index (Phi) is 4.85. The molecule has 0 saturated heterocycles. The second-order valence-electron chi connectivity index (χ2n) is 2.34. The Morgan fingerprint density at radius 2 is 1.87 bits per heavy atom. The molecule has 0 spiro atoms. The van der Waals surface area contributed by atoms with Crippen molar-refractivity contribution in [1.82, 2.24) is 5.32 Å². The number of alkyl halides is 3. The van der Waals surface area contributed by atoms with Crippen LogP contribution in [0.2, 0.25) is 0 Å². The number of carboxylic acids is 1. The molecule has 3 nitrogen and oxygen atoms in total. The summed E-state index contributed by atoms with van der Waals surface area (Å²) >= 11 is 3.43. The van der Waals surface area contributed by atoms with E-state index in [0.29, 0.717) is 0 Å². The van der Waals surface area contributed by atoms with Crippen molar-refractivity contribution in [3.05, 3.63) is 11.8 Å². The van der Waals surface area contributed by atoms with Crippen LogP contribution in [0.15, 0.2) is 11.8 Å². The van der Waals surface area contributed by atoms with E-state index >= 15 is 0 Å². The van der Waals surface area contributed by atoms with Gasteiger partial charge in [0.15, 0.2) is 0 Å². The summed E-state index contributed by atoms with van der Waals surface area (Å²) < 4.78 is 59.4. The Morgan fingerprint density at radius 3 is 2.13 bits per heavy atom. The smallest absolute Gasteiger partial charge is 0.447 e. The van der Waals surface area contributed by atoms with Gasteiger partial charge in [-0.1, -0.05) is 0 Å². The van der Waals surface area contributed by atoms with E-state index in [1.54, 1.807) is 0 Å². The van der Waals surface area contributed by atoms with Gasteiger partial charge in [0.2, 0.25) is 5.95 Å². The van der Waals surface area contributed by atoms with Gasteiger partial charge in [0.05, 0.1) is 0 Å². The molecule has 0 aliphatic heterocycles. The Labute approximate surface area is 86.4 Å². The molecule has 0 aliphatic carbocycles. The number of rotatable bonds is 4. The second kappa shape index (κ2) is 5.19. The van der Waals surface area contributed by atoms with Crippen molar-refractivity contribution in [1.29, 1.82) is 0 Å². The molecule has 88 valence electrons. The lowest BCUT2D eigenvalue weighted by Gasteiger charge is -2.12. The van der Waals surface area contributed by atoms with Gasteiger partial charge in [-0.2, -0.15) is 34.6 Å². The summed E-state index contributed by atoms with van der Waals surface area (Å²) in [6.07, 6.45) is -5.49. The molecular weight excluding hydrogens is 245 g/mol. The maximum absolute atomic E-state index is 12.5. The SMILES string of the molecule is O=C(O)[C@H](CS)NC(F)=C(F)C(F)(F)F. The maximum atomic E-state index is 12.5. The van der Waals surface area contributed by atoms with Crippen molar-refractivity contribution in [2.75, 3.05) is 5.75 Å². The average molecular weight is 251 g/mol. The van der Waals surface area contributed by atoms with Gasteiger partial charge < -0.3 is 10.4 Å². The molecule has 0 aromatic heterocycles. The molecule has 0 saturated carbocycles. The van der Waals surface area contributed by atoms with E-state index in [1.807, 2.05) is 0 Å². The van der Waals surface area contributed by atoms with Crippen LogP contribution in [0.3, 0.4) is 0 Å². The van der Waals surface area contributed by atoms with Gasteiger partial charge in [-0.15, -0.1) is 0 Å². The molecule has 1 atom stereocenters. The van der Waals surface area contributed by atoms with Gasteiger partial charge in [0.25, 0.3) is 5.83 Å². The third kappa shape index (κ3) is 4.36. The van der Waals surface area contributed by atoms with E-state index in [0.717, 1.165) is 0 Å². The highest BCUT2D eigenvalue weighted by molar-refractivity contribution is 7.80. The summed E-state index contributed by atoms with van der Waals surface area (Å²) in [4.78, 5) is 10.2. The Balaban J connectivity index is 4.73. The van der Waals surface area contributed by atoms with Crippen molar-refractivity contribution in [2.24, 2.45) is 0 Å². The topological polar surface area (TPSA) is 49.3 Å². The first-order valence-corrected chi connectivity index (χ1v) is 4.06. The first kappa shape index (κ1) is 14.0. The Bertz CT molecular complexity index is 277. The predicted octanol–water partition coefficient (Wildman–Crippen LogP) is 1.63. The molecule has 0 aliphatic rings. The molecule has 0 aromatic carbocycles. The third-order valence-electron chi connectivity index (χ3n) is 1.22.